The van der Waals surface area contributed by atoms with E-state index in [0.717, 1.165) is 12.8 Å². The van der Waals surface area contributed by atoms with Gasteiger partial charge in [-0.2, -0.15) is 0 Å². The van der Waals surface area contributed by atoms with E-state index in [1.165, 1.54) is 83.5 Å². The molecule has 0 aromatic heterocycles. The molecule has 12 heteroatoms. The first-order chi connectivity index (χ1) is 24.2. The van der Waals surface area contributed by atoms with Crippen LogP contribution >= 0.6 is 0 Å². The summed E-state index contributed by atoms with van der Waals surface area (Å²) in [6.07, 6.45) is 20.2. The smallest absolute Gasteiger partial charge is 0.305 e. The fourth-order valence-electron chi connectivity index (χ4n) is 4.73. The zero-order chi connectivity index (χ0) is 35.6. The molecule has 0 heterocycles. The van der Waals surface area contributed by atoms with Crippen molar-refractivity contribution in [3.05, 3.63) is 0 Å². The second-order valence-corrected chi connectivity index (χ2v) is 12.0. The summed E-state index contributed by atoms with van der Waals surface area (Å²) in [6.45, 7) is 9.56. The van der Waals surface area contributed by atoms with E-state index >= 15 is 0 Å². The Bertz CT molecular complexity index is 667. The lowest BCUT2D eigenvalue weighted by Crippen LogP contribution is -2.15. The van der Waals surface area contributed by atoms with E-state index in [9.17, 15) is 9.59 Å². The van der Waals surface area contributed by atoms with Crippen LogP contribution in [0.15, 0.2) is 0 Å². The summed E-state index contributed by atoms with van der Waals surface area (Å²) in [5.74, 6) is -1.01. The summed E-state index contributed by atoms with van der Waals surface area (Å²) in [5, 5.41) is 8.49. The molecule has 0 aromatic carbocycles. The van der Waals surface area contributed by atoms with E-state index in [0.29, 0.717) is 106 Å². The first-order valence-corrected chi connectivity index (χ1v) is 19.2. The van der Waals surface area contributed by atoms with Crippen molar-refractivity contribution in [2.45, 2.75) is 116 Å². The Balaban J connectivity index is 3.14. The zero-order valence-electron chi connectivity index (χ0n) is 31.0. The first kappa shape index (κ1) is 47.6. The van der Waals surface area contributed by atoms with Crippen LogP contribution in [0.5, 0.6) is 0 Å². The molecule has 292 valence electrons. The van der Waals surface area contributed by atoms with Crippen molar-refractivity contribution in [2.24, 2.45) is 0 Å². The van der Waals surface area contributed by atoms with Crippen molar-refractivity contribution in [3.63, 3.8) is 0 Å². The van der Waals surface area contributed by atoms with Gasteiger partial charge >= 0.3 is 11.9 Å². The van der Waals surface area contributed by atoms with Gasteiger partial charge in [-0.1, -0.05) is 96.8 Å². The molecule has 0 radical (unpaired) electrons. The van der Waals surface area contributed by atoms with Gasteiger partial charge in [0.1, 0.15) is 6.61 Å². The lowest BCUT2D eigenvalue weighted by molar-refractivity contribution is -0.145. The molecular weight excluding hydrogens is 636 g/mol. The molecule has 0 saturated carbocycles. The molecule has 0 aromatic rings. The third-order valence-electron chi connectivity index (χ3n) is 7.54. The topological polar surface area (TPSA) is 137 Å². The van der Waals surface area contributed by atoms with Crippen molar-refractivity contribution < 1.29 is 57.3 Å². The lowest BCUT2D eigenvalue weighted by atomic mass is 10.0. The largest absolute Gasteiger partial charge is 0.481 e. The highest BCUT2D eigenvalue weighted by atomic mass is 16.6. The molecule has 0 amide bonds. The summed E-state index contributed by atoms with van der Waals surface area (Å²) >= 11 is 0. The monoisotopic (exact) mass is 709 g/mol. The first-order valence-electron chi connectivity index (χ1n) is 19.2. The third-order valence-corrected chi connectivity index (χ3v) is 7.54. The predicted molar refractivity (Wildman–Crippen MR) is 189 cm³/mol. The maximum Gasteiger partial charge on any atom is 0.305 e. The van der Waals surface area contributed by atoms with Crippen molar-refractivity contribution in [1.29, 1.82) is 0 Å². The Morgan fingerprint density at radius 1 is 0.347 bits per heavy atom. The Morgan fingerprint density at radius 2 is 0.612 bits per heavy atom. The molecule has 0 bridgehead atoms. The molecular formula is C37H72O12. The van der Waals surface area contributed by atoms with E-state index in [1.807, 2.05) is 0 Å². The molecule has 0 aliphatic carbocycles. The molecule has 49 heavy (non-hydrogen) atoms. The van der Waals surface area contributed by atoms with Crippen LogP contribution in [0, 0.1) is 0 Å². The summed E-state index contributed by atoms with van der Waals surface area (Å²) in [5.41, 5.74) is 0. The molecule has 0 unspecified atom stereocenters. The molecule has 1 N–H and O–H groups in total. The SMILES string of the molecule is CCCCCCCCCCCCCCCCCC(=O)OCCOCCOCCOCCOCCOCCOCCOCCOCCC(=O)O. The fourth-order valence-corrected chi connectivity index (χ4v) is 4.73. The van der Waals surface area contributed by atoms with Gasteiger partial charge in [-0.3, -0.25) is 9.59 Å². The van der Waals surface area contributed by atoms with Crippen LogP contribution < -0.4 is 0 Å². The number of rotatable bonds is 43. The van der Waals surface area contributed by atoms with Crippen LogP contribution in [-0.2, 0) is 52.2 Å². The number of carboxylic acids is 1. The second-order valence-electron chi connectivity index (χ2n) is 12.0. The highest BCUT2D eigenvalue weighted by molar-refractivity contribution is 5.69. The van der Waals surface area contributed by atoms with Gasteiger partial charge in [0.15, 0.2) is 0 Å². The average Bonchev–Trinajstić information content (AvgIpc) is 3.09. The molecule has 0 atom stereocenters. The number of hydrogen-bond acceptors (Lipinski definition) is 11. The molecule has 0 aliphatic heterocycles. The van der Waals surface area contributed by atoms with Gasteiger partial charge in [-0.05, 0) is 6.42 Å². The van der Waals surface area contributed by atoms with E-state index in [4.69, 9.17) is 47.7 Å². The number of carbonyl (C=O) groups is 2. The maximum atomic E-state index is 11.9. The molecule has 0 rings (SSSR count). The van der Waals surface area contributed by atoms with Gasteiger partial charge in [-0.25, -0.2) is 0 Å². The molecule has 0 fully saturated rings. The summed E-state index contributed by atoms with van der Waals surface area (Å²) in [6, 6.07) is 0. The van der Waals surface area contributed by atoms with Gasteiger partial charge in [-0.15, -0.1) is 0 Å². The van der Waals surface area contributed by atoms with Crippen molar-refractivity contribution >= 4 is 11.9 Å². The van der Waals surface area contributed by atoms with Crippen LogP contribution in [0.3, 0.4) is 0 Å². The Labute approximate surface area is 297 Å². The van der Waals surface area contributed by atoms with Crippen LogP contribution in [0.2, 0.25) is 0 Å². The Hall–Kier alpha value is -1.38. The fraction of sp³-hybridized carbons (Fsp3) is 0.946. The second kappa shape index (κ2) is 42.8. The van der Waals surface area contributed by atoms with Crippen molar-refractivity contribution in [2.75, 3.05) is 112 Å². The highest BCUT2D eigenvalue weighted by Gasteiger charge is 2.03. The van der Waals surface area contributed by atoms with E-state index in [1.54, 1.807) is 0 Å². The molecule has 0 saturated heterocycles. The van der Waals surface area contributed by atoms with Gasteiger partial charge in [0.2, 0.25) is 0 Å². The summed E-state index contributed by atoms with van der Waals surface area (Å²) in [4.78, 5) is 22.2. The number of esters is 1. The number of aliphatic carboxylic acids is 1. The predicted octanol–water partition coefficient (Wildman–Crippen LogP) is 6.40. The lowest BCUT2D eigenvalue weighted by Gasteiger charge is -2.09. The molecule has 12 nitrogen and oxygen atoms in total. The van der Waals surface area contributed by atoms with Gasteiger partial charge in [0.05, 0.1) is 112 Å². The highest BCUT2D eigenvalue weighted by Crippen LogP contribution is 2.13. The number of hydrogen-bond donors (Lipinski definition) is 1. The minimum Gasteiger partial charge on any atom is -0.481 e. The van der Waals surface area contributed by atoms with Crippen LogP contribution in [-0.4, -0.2) is 129 Å². The van der Waals surface area contributed by atoms with Gasteiger partial charge < -0.3 is 47.7 Å². The quantitative estimate of drug-likeness (QED) is 0.0554. The summed E-state index contributed by atoms with van der Waals surface area (Å²) in [7, 11) is 0. The molecule has 0 aliphatic rings. The number of carbonyl (C=O) groups excluding carboxylic acids is 1. The molecule has 0 spiro atoms. The van der Waals surface area contributed by atoms with Crippen LogP contribution in [0.1, 0.15) is 116 Å². The van der Waals surface area contributed by atoms with E-state index < -0.39 is 5.97 Å². The number of carboxylic acid groups (broad SMARTS) is 1. The maximum absolute atomic E-state index is 11.9. The zero-order valence-corrected chi connectivity index (χ0v) is 31.0. The minimum atomic E-state index is -0.873. The summed E-state index contributed by atoms with van der Waals surface area (Å²) < 4.78 is 48.4. The van der Waals surface area contributed by atoms with Crippen LogP contribution in [0.4, 0.5) is 0 Å². The van der Waals surface area contributed by atoms with Crippen LogP contribution in [0.25, 0.3) is 0 Å². The third kappa shape index (κ3) is 44.6. The average molecular weight is 709 g/mol. The van der Waals surface area contributed by atoms with Gasteiger partial charge in [0.25, 0.3) is 0 Å². The Kier molecular flexibility index (Phi) is 41.6. The number of ether oxygens (including phenoxy) is 9. The Morgan fingerprint density at radius 3 is 0.918 bits per heavy atom. The van der Waals surface area contributed by atoms with Gasteiger partial charge in [0, 0.05) is 6.42 Å². The normalized spacial score (nSPS) is 11.4. The van der Waals surface area contributed by atoms with Crippen molar-refractivity contribution in [1.82, 2.24) is 0 Å². The standard InChI is InChI=1S/C37H72O12/c1-2-3-4-5-6-7-8-9-10-11-12-13-14-15-16-17-37(40)49-35-34-48-33-32-47-31-30-46-29-28-45-27-26-44-25-24-43-23-22-42-21-20-41-19-18-36(38)39/h2-35H2,1H3,(H,38,39). The number of unbranched alkanes of at least 4 members (excludes halogenated alkanes) is 14. The van der Waals surface area contributed by atoms with E-state index in [-0.39, 0.29) is 25.6 Å². The van der Waals surface area contributed by atoms with E-state index in [2.05, 4.69) is 6.92 Å². The minimum absolute atomic E-state index is 0.00195. The van der Waals surface area contributed by atoms with Crippen molar-refractivity contribution in [3.8, 4) is 0 Å².